The Balaban J connectivity index is 1.78. The molecule has 0 bridgehead atoms. The number of alkyl halides is 3. The van der Waals surface area contributed by atoms with E-state index in [2.05, 4.69) is 20.7 Å². The number of benzene rings is 2. The van der Waals surface area contributed by atoms with E-state index in [-0.39, 0.29) is 17.7 Å². The van der Waals surface area contributed by atoms with E-state index in [1.54, 1.807) is 0 Å². The van der Waals surface area contributed by atoms with Crippen LogP contribution in [0.3, 0.4) is 0 Å². The molecule has 2 aromatic rings. The van der Waals surface area contributed by atoms with Gasteiger partial charge in [0.1, 0.15) is 5.54 Å². The Morgan fingerprint density at radius 3 is 2.55 bits per heavy atom. The van der Waals surface area contributed by atoms with Crippen LogP contribution in [0.4, 0.5) is 33.3 Å². The van der Waals surface area contributed by atoms with Crippen LogP contribution in [0.1, 0.15) is 24.5 Å². The molecule has 29 heavy (non-hydrogen) atoms. The molecular weight excluding hydrogens is 395 g/mol. The van der Waals surface area contributed by atoms with Crippen molar-refractivity contribution >= 4 is 23.0 Å². The first-order valence-electron chi connectivity index (χ1n) is 8.23. The highest BCUT2D eigenvalue weighted by Crippen LogP contribution is 2.38. The van der Waals surface area contributed by atoms with Crippen molar-refractivity contribution in [1.29, 1.82) is 0 Å². The van der Waals surface area contributed by atoms with E-state index in [0.29, 0.717) is 11.8 Å². The standard InChI is InChI=1S/C19H13F5N4O/c1-18(9-16(27-28-18)10-3-5-13(20)14(21)7-10)17(29)26-11-4-6-15(25-2)12(8-11)19(22,23)24/h3-8,28H,9H2,1H3,(H,26,29). The molecule has 3 rings (SSSR count). The number of carbonyl (C=O) groups excluding carboxylic acids is 1. The van der Waals surface area contributed by atoms with Crippen LogP contribution in [0.15, 0.2) is 41.5 Å². The van der Waals surface area contributed by atoms with Gasteiger partial charge in [0.15, 0.2) is 17.3 Å². The van der Waals surface area contributed by atoms with Crippen molar-refractivity contribution < 1.29 is 26.7 Å². The summed E-state index contributed by atoms with van der Waals surface area (Å²) in [5.74, 6) is -2.77. The number of anilines is 1. The first-order chi connectivity index (χ1) is 13.5. The molecule has 1 unspecified atom stereocenters. The maximum Gasteiger partial charge on any atom is 0.407 e. The van der Waals surface area contributed by atoms with Crippen molar-refractivity contribution in [2.45, 2.75) is 25.1 Å². The summed E-state index contributed by atoms with van der Waals surface area (Å²) >= 11 is 0. The smallest absolute Gasteiger partial charge is 0.324 e. The van der Waals surface area contributed by atoms with Gasteiger partial charge in [-0.3, -0.25) is 10.2 Å². The third kappa shape index (κ3) is 4.03. The highest BCUT2D eigenvalue weighted by molar-refractivity contribution is 6.09. The third-order valence-corrected chi connectivity index (χ3v) is 4.39. The number of rotatable bonds is 3. The fourth-order valence-electron chi connectivity index (χ4n) is 2.79. The summed E-state index contributed by atoms with van der Waals surface area (Å²) in [6.45, 7) is 8.31. The fraction of sp³-hybridized carbons (Fsp3) is 0.211. The Labute approximate surface area is 162 Å². The van der Waals surface area contributed by atoms with Gasteiger partial charge in [-0.15, -0.1) is 0 Å². The second-order valence-electron chi connectivity index (χ2n) is 6.60. The van der Waals surface area contributed by atoms with E-state index in [0.717, 1.165) is 18.2 Å². The fourth-order valence-corrected chi connectivity index (χ4v) is 2.79. The largest absolute Gasteiger partial charge is 0.407 e. The number of carbonyl (C=O) groups is 1. The molecule has 1 aliphatic rings. The average molecular weight is 408 g/mol. The summed E-state index contributed by atoms with van der Waals surface area (Å²) in [7, 11) is 0. The highest BCUT2D eigenvalue weighted by Gasteiger charge is 2.40. The number of hydrogen-bond acceptors (Lipinski definition) is 3. The molecule has 2 aromatic carbocycles. The van der Waals surface area contributed by atoms with Crippen molar-refractivity contribution in [3.63, 3.8) is 0 Å². The molecule has 5 nitrogen and oxygen atoms in total. The van der Waals surface area contributed by atoms with Gasteiger partial charge in [0.2, 0.25) is 0 Å². The molecule has 1 aliphatic heterocycles. The van der Waals surface area contributed by atoms with Crippen LogP contribution in [-0.2, 0) is 11.0 Å². The zero-order valence-electron chi connectivity index (χ0n) is 14.9. The minimum Gasteiger partial charge on any atom is -0.324 e. The SMILES string of the molecule is [C-]#[N+]c1ccc(NC(=O)C2(C)CC(c3ccc(F)c(F)c3)=NN2)cc1C(F)(F)F. The molecule has 150 valence electrons. The van der Waals surface area contributed by atoms with E-state index in [1.165, 1.54) is 19.1 Å². The van der Waals surface area contributed by atoms with E-state index in [4.69, 9.17) is 6.57 Å². The molecule has 0 fully saturated rings. The van der Waals surface area contributed by atoms with Gasteiger partial charge in [0, 0.05) is 17.7 Å². The maximum atomic E-state index is 13.4. The average Bonchev–Trinajstić information content (AvgIpc) is 3.07. The predicted molar refractivity (Wildman–Crippen MR) is 95.4 cm³/mol. The van der Waals surface area contributed by atoms with Crippen LogP contribution in [0.25, 0.3) is 4.85 Å². The van der Waals surface area contributed by atoms with E-state index < -0.39 is 40.5 Å². The van der Waals surface area contributed by atoms with Crippen LogP contribution in [-0.4, -0.2) is 17.2 Å². The van der Waals surface area contributed by atoms with Crippen molar-refractivity contribution in [2.75, 3.05) is 5.32 Å². The minimum absolute atomic E-state index is 0.00380. The van der Waals surface area contributed by atoms with Crippen LogP contribution < -0.4 is 10.7 Å². The number of hydrazone groups is 1. The normalized spacial score (nSPS) is 18.6. The number of hydrogen-bond donors (Lipinski definition) is 2. The van der Waals surface area contributed by atoms with Crippen molar-refractivity contribution in [3.8, 4) is 0 Å². The van der Waals surface area contributed by atoms with Gasteiger partial charge in [0.25, 0.3) is 5.91 Å². The second-order valence-corrected chi connectivity index (χ2v) is 6.60. The van der Waals surface area contributed by atoms with E-state index in [1.807, 2.05) is 0 Å². The third-order valence-electron chi connectivity index (χ3n) is 4.39. The zero-order valence-corrected chi connectivity index (χ0v) is 14.9. The lowest BCUT2D eigenvalue weighted by Gasteiger charge is -2.23. The number of nitrogens with zero attached hydrogens (tertiary/aromatic N) is 2. The summed E-state index contributed by atoms with van der Waals surface area (Å²) in [6, 6.07) is 6.02. The van der Waals surface area contributed by atoms with Crippen molar-refractivity contribution in [2.24, 2.45) is 5.10 Å². The zero-order chi connectivity index (χ0) is 21.4. The van der Waals surface area contributed by atoms with Crippen molar-refractivity contribution in [1.82, 2.24) is 5.43 Å². The quantitative estimate of drug-likeness (QED) is 0.575. The number of amides is 1. The summed E-state index contributed by atoms with van der Waals surface area (Å²) in [5.41, 5.74) is -0.0434. The molecule has 1 heterocycles. The van der Waals surface area contributed by atoms with Crippen molar-refractivity contribution in [3.05, 3.63) is 70.6 Å². The molecular formula is C19H13F5N4O. The Kier molecular flexibility index (Phi) is 5.00. The molecule has 1 amide bonds. The summed E-state index contributed by atoms with van der Waals surface area (Å²) < 4.78 is 65.8. The topological polar surface area (TPSA) is 57.9 Å². The number of nitrogens with one attached hydrogen (secondary N) is 2. The molecule has 0 aromatic heterocycles. The summed E-state index contributed by atoms with van der Waals surface area (Å²) in [4.78, 5) is 15.5. The van der Waals surface area contributed by atoms with Gasteiger partial charge in [-0.05, 0) is 37.3 Å². The molecule has 0 saturated carbocycles. The molecule has 0 saturated heterocycles. The van der Waals surface area contributed by atoms with Gasteiger partial charge in [-0.25, -0.2) is 13.6 Å². The molecule has 0 aliphatic carbocycles. The molecule has 1 atom stereocenters. The first kappa shape index (κ1) is 20.3. The van der Waals surface area contributed by atoms with Gasteiger partial charge in [-0.2, -0.15) is 18.3 Å². The van der Waals surface area contributed by atoms with Gasteiger partial charge in [0.05, 0.1) is 17.8 Å². The van der Waals surface area contributed by atoms with Crippen LogP contribution in [0, 0.1) is 18.2 Å². The Morgan fingerprint density at radius 2 is 1.93 bits per heavy atom. The summed E-state index contributed by atoms with van der Waals surface area (Å²) in [5, 5.41) is 6.34. The van der Waals surface area contributed by atoms with Crippen LogP contribution >= 0.6 is 0 Å². The van der Waals surface area contributed by atoms with E-state index in [9.17, 15) is 26.7 Å². The minimum atomic E-state index is -4.75. The monoisotopic (exact) mass is 408 g/mol. The lowest BCUT2D eigenvalue weighted by molar-refractivity contribution is -0.136. The number of halogens is 5. The van der Waals surface area contributed by atoms with Gasteiger partial charge >= 0.3 is 6.18 Å². The van der Waals surface area contributed by atoms with Gasteiger partial charge in [-0.1, -0.05) is 6.07 Å². The van der Waals surface area contributed by atoms with E-state index >= 15 is 0 Å². The summed E-state index contributed by atoms with van der Waals surface area (Å²) in [6.07, 6.45) is -4.75. The first-order valence-corrected chi connectivity index (χ1v) is 8.23. The second kappa shape index (κ2) is 7.16. The lowest BCUT2D eigenvalue weighted by Crippen LogP contribution is -2.47. The van der Waals surface area contributed by atoms with Crippen LogP contribution in [0.2, 0.25) is 0 Å². The predicted octanol–water partition coefficient (Wildman–Crippen LogP) is 4.63. The Morgan fingerprint density at radius 1 is 1.21 bits per heavy atom. The highest BCUT2D eigenvalue weighted by atomic mass is 19.4. The lowest BCUT2D eigenvalue weighted by atomic mass is 9.93. The maximum absolute atomic E-state index is 13.4. The Hall–Kier alpha value is -3.48. The molecule has 10 heteroatoms. The molecule has 0 spiro atoms. The molecule has 2 N–H and O–H groups in total. The van der Waals surface area contributed by atoms with Gasteiger partial charge < -0.3 is 5.32 Å². The Bertz CT molecular complexity index is 1060. The van der Waals surface area contributed by atoms with Crippen LogP contribution in [0.5, 0.6) is 0 Å². The molecule has 0 radical (unpaired) electrons.